The van der Waals surface area contributed by atoms with Crippen LogP contribution in [0.25, 0.3) is 0 Å². The van der Waals surface area contributed by atoms with Gasteiger partial charge in [0.05, 0.1) is 16.9 Å². The van der Waals surface area contributed by atoms with E-state index in [0.717, 1.165) is 29.8 Å². The van der Waals surface area contributed by atoms with Crippen molar-refractivity contribution < 1.29 is 27.7 Å². The summed E-state index contributed by atoms with van der Waals surface area (Å²) in [6.45, 7) is 3.64. The van der Waals surface area contributed by atoms with Gasteiger partial charge in [-0.25, -0.2) is 13.2 Å². The molecule has 0 aromatic heterocycles. The average Bonchev–Trinajstić information content (AvgIpc) is 2.77. The highest BCUT2D eigenvalue weighted by atomic mass is 32.2. The van der Waals surface area contributed by atoms with Crippen molar-refractivity contribution in [3.05, 3.63) is 70.3 Å². The third-order valence-electron chi connectivity index (χ3n) is 4.76. The molecule has 2 aromatic carbocycles. The van der Waals surface area contributed by atoms with E-state index in [1.807, 2.05) is 19.9 Å². The van der Waals surface area contributed by atoms with Crippen molar-refractivity contribution in [3.63, 3.8) is 0 Å². The normalized spacial score (nSPS) is 13.2. The molecule has 0 unspecified atom stereocenters. The summed E-state index contributed by atoms with van der Waals surface area (Å²) in [5.41, 5.74) is 0.535. The first-order valence-corrected chi connectivity index (χ1v) is 11.7. The Balaban J connectivity index is 2.23. The van der Waals surface area contributed by atoms with Crippen molar-refractivity contribution in [1.82, 2.24) is 10.0 Å². The average molecular weight is 478 g/mol. The smallest absolute Gasteiger partial charge is 0.328 e. The number of ether oxygens (including phenoxy) is 1. The lowest BCUT2D eigenvalue weighted by molar-refractivity contribution is -0.384. The second kappa shape index (κ2) is 11.5. The summed E-state index contributed by atoms with van der Waals surface area (Å²) in [6, 6.07) is 11.2. The Morgan fingerprint density at radius 2 is 1.64 bits per heavy atom. The van der Waals surface area contributed by atoms with E-state index in [9.17, 15) is 28.1 Å². The number of nitro groups is 1. The molecular formula is C22H27N3O7S. The van der Waals surface area contributed by atoms with Gasteiger partial charge in [-0.3, -0.25) is 14.9 Å². The predicted molar refractivity (Wildman–Crippen MR) is 121 cm³/mol. The highest BCUT2D eigenvalue weighted by molar-refractivity contribution is 7.89. The number of rotatable bonds is 11. The van der Waals surface area contributed by atoms with Crippen LogP contribution in [-0.2, 0) is 30.8 Å². The summed E-state index contributed by atoms with van der Waals surface area (Å²) in [5, 5.41) is 13.4. The van der Waals surface area contributed by atoms with Gasteiger partial charge in [0.2, 0.25) is 15.9 Å². The van der Waals surface area contributed by atoms with Crippen LogP contribution in [0.5, 0.6) is 0 Å². The van der Waals surface area contributed by atoms with E-state index in [0.29, 0.717) is 0 Å². The maximum absolute atomic E-state index is 13.0. The monoisotopic (exact) mass is 477 g/mol. The quantitative estimate of drug-likeness (QED) is 0.287. The molecule has 2 rings (SSSR count). The number of carbonyl (C=O) groups excluding carboxylic acids is 2. The second-order valence-electron chi connectivity index (χ2n) is 7.83. The molecule has 2 aromatic rings. The van der Waals surface area contributed by atoms with Crippen LogP contribution in [0.1, 0.15) is 25.8 Å². The number of methoxy groups -OCH3 is 1. The fourth-order valence-electron chi connectivity index (χ4n) is 3.14. The van der Waals surface area contributed by atoms with Crippen molar-refractivity contribution >= 4 is 27.6 Å². The number of nitro benzene ring substituents is 1. The van der Waals surface area contributed by atoms with Gasteiger partial charge in [-0.1, -0.05) is 44.2 Å². The fraction of sp³-hybridized carbons (Fsp3) is 0.364. The summed E-state index contributed by atoms with van der Waals surface area (Å²) in [6.07, 6.45) is 0.333. The van der Waals surface area contributed by atoms with Gasteiger partial charge in [0, 0.05) is 18.6 Å². The number of non-ortho nitro benzene ring substituents is 1. The number of nitrogens with one attached hydrogen (secondary N) is 2. The summed E-state index contributed by atoms with van der Waals surface area (Å²) < 4.78 is 32.8. The van der Waals surface area contributed by atoms with Gasteiger partial charge in [-0.15, -0.1) is 0 Å². The van der Waals surface area contributed by atoms with E-state index >= 15 is 0 Å². The lowest BCUT2D eigenvalue weighted by atomic mass is 10.0. The molecule has 178 valence electrons. The number of hydrogen-bond acceptors (Lipinski definition) is 7. The Bertz CT molecular complexity index is 1070. The summed E-state index contributed by atoms with van der Waals surface area (Å²) >= 11 is 0. The molecule has 11 heteroatoms. The standard InChI is InChI=1S/C22H27N3O7S/c1-15(2)13-19(24-33(30,31)18-11-9-17(10-12-18)25(28)29)21(26)23-20(22(27)32-3)14-16-7-5-4-6-8-16/h4-12,15,19-20,24H,13-14H2,1-3H3,(H,23,26)/t19-,20-/m0/s1. The molecule has 0 saturated carbocycles. The Hall–Kier alpha value is -3.31. The van der Waals surface area contributed by atoms with E-state index in [1.54, 1.807) is 24.3 Å². The van der Waals surface area contributed by atoms with E-state index in [-0.39, 0.29) is 29.3 Å². The molecule has 33 heavy (non-hydrogen) atoms. The number of benzene rings is 2. The molecule has 0 bridgehead atoms. The van der Waals surface area contributed by atoms with Crippen molar-refractivity contribution in [3.8, 4) is 0 Å². The molecule has 0 aliphatic heterocycles. The molecule has 0 saturated heterocycles. The van der Waals surface area contributed by atoms with Crippen LogP contribution < -0.4 is 10.0 Å². The van der Waals surface area contributed by atoms with E-state index in [1.165, 1.54) is 7.11 Å². The number of carbonyl (C=O) groups is 2. The first-order valence-electron chi connectivity index (χ1n) is 10.2. The van der Waals surface area contributed by atoms with Gasteiger partial charge in [0.15, 0.2) is 0 Å². The Kier molecular flexibility index (Phi) is 9.06. The zero-order chi connectivity index (χ0) is 24.6. The molecule has 0 spiro atoms. The Morgan fingerprint density at radius 3 is 2.15 bits per heavy atom. The SMILES string of the molecule is COC(=O)[C@H](Cc1ccccc1)NC(=O)[C@H](CC(C)C)NS(=O)(=O)c1ccc([N+](=O)[O-])cc1. The Labute approximate surface area is 192 Å². The third-order valence-corrected chi connectivity index (χ3v) is 6.25. The maximum Gasteiger partial charge on any atom is 0.328 e. The van der Waals surface area contributed by atoms with Crippen LogP contribution in [0.4, 0.5) is 5.69 Å². The van der Waals surface area contributed by atoms with E-state index in [2.05, 4.69) is 10.0 Å². The maximum atomic E-state index is 13.0. The lowest BCUT2D eigenvalue weighted by Crippen LogP contribution is -2.52. The molecule has 0 fully saturated rings. The van der Waals surface area contributed by atoms with Gasteiger partial charge in [-0.05, 0) is 30.0 Å². The van der Waals surface area contributed by atoms with Gasteiger partial charge < -0.3 is 10.1 Å². The zero-order valence-corrected chi connectivity index (χ0v) is 19.4. The highest BCUT2D eigenvalue weighted by Gasteiger charge is 2.30. The van der Waals surface area contributed by atoms with Crippen LogP contribution in [-0.4, -0.2) is 44.4 Å². The number of hydrogen-bond donors (Lipinski definition) is 2. The topological polar surface area (TPSA) is 145 Å². The number of amides is 1. The first kappa shape index (κ1) is 25.9. The zero-order valence-electron chi connectivity index (χ0n) is 18.6. The van der Waals surface area contributed by atoms with Crippen LogP contribution >= 0.6 is 0 Å². The molecule has 0 aliphatic carbocycles. The van der Waals surface area contributed by atoms with Crippen LogP contribution in [0.15, 0.2) is 59.5 Å². The summed E-state index contributed by atoms with van der Waals surface area (Å²) in [4.78, 5) is 35.2. The van der Waals surface area contributed by atoms with Gasteiger partial charge >= 0.3 is 5.97 Å². The van der Waals surface area contributed by atoms with Crippen LogP contribution in [0, 0.1) is 16.0 Å². The van der Waals surface area contributed by atoms with Crippen molar-refractivity contribution in [2.24, 2.45) is 5.92 Å². The minimum atomic E-state index is -4.16. The van der Waals surface area contributed by atoms with Crippen LogP contribution in [0.3, 0.4) is 0 Å². The molecule has 2 N–H and O–H groups in total. The van der Waals surface area contributed by atoms with Crippen molar-refractivity contribution in [2.75, 3.05) is 7.11 Å². The fourth-order valence-corrected chi connectivity index (χ4v) is 4.35. The third kappa shape index (κ3) is 7.65. The first-order chi connectivity index (χ1) is 15.5. The minimum absolute atomic E-state index is 0.0500. The molecule has 0 radical (unpaired) electrons. The predicted octanol–water partition coefficient (Wildman–Crippen LogP) is 2.19. The van der Waals surface area contributed by atoms with Crippen molar-refractivity contribution in [1.29, 1.82) is 0 Å². The van der Waals surface area contributed by atoms with Crippen molar-refractivity contribution in [2.45, 2.75) is 43.7 Å². The second-order valence-corrected chi connectivity index (χ2v) is 9.54. The molecule has 2 atom stereocenters. The Morgan fingerprint density at radius 1 is 1.03 bits per heavy atom. The highest BCUT2D eigenvalue weighted by Crippen LogP contribution is 2.17. The number of sulfonamides is 1. The summed E-state index contributed by atoms with van der Waals surface area (Å²) in [5.74, 6) is -1.39. The molecular weight excluding hydrogens is 450 g/mol. The van der Waals surface area contributed by atoms with Gasteiger partial charge in [0.1, 0.15) is 12.1 Å². The lowest BCUT2D eigenvalue weighted by Gasteiger charge is -2.23. The number of esters is 1. The molecule has 0 heterocycles. The molecule has 0 aliphatic rings. The summed E-state index contributed by atoms with van der Waals surface area (Å²) in [7, 11) is -2.96. The largest absolute Gasteiger partial charge is 0.467 e. The van der Waals surface area contributed by atoms with E-state index in [4.69, 9.17) is 4.74 Å². The minimum Gasteiger partial charge on any atom is -0.467 e. The molecule has 10 nitrogen and oxygen atoms in total. The van der Waals surface area contributed by atoms with Gasteiger partial charge in [-0.2, -0.15) is 4.72 Å². The molecule has 1 amide bonds. The van der Waals surface area contributed by atoms with Crippen LogP contribution in [0.2, 0.25) is 0 Å². The van der Waals surface area contributed by atoms with E-state index < -0.39 is 38.9 Å². The van der Waals surface area contributed by atoms with Gasteiger partial charge in [0.25, 0.3) is 5.69 Å². The number of nitrogens with zero attached hydrogens (tertiary/aromatic N) is 1.